The number of allylic oxidation sites excluding steroid dienone is 1. The summed E-state index contributed by atoms with van der Waals surface area (Å²) in [5.74, 6) is 0.581. The molecule has 1 amide bonds. The first-order valence-electron chi connectivity index (χ1n) is 12.2. The molecular formula is C28H31N3O5S. The molecule has 194 valence electrons. The van der Waals surface area contributed by atoms with E-state index in [2.05, 4.69) is 5.32 Å². The number of hydrogen-bond acceptors (Lipinski definition) is 8. The molecule has 0 bridgehead atoms. The highest BCUT2D eigenvalue weighted by Gasteiger charge is 2.41. The van der Waals surface area contributed by atoms with Crippen molar-refractivity contribution < 1.29 is 23.8 Å². The zero-order chi connectivity index (χ0) is 26.4. The normalized spacial score (nSPS) is 16.5. The van der Waals surface area contributed by atoms with Crippen LogP contribution in [0.25, 0.3) is 0 Å². The van der Waals surface area contributed by atoms with Crippen molar-refractivity contribution in [2.45, 2.75) is 39.3 Å². The summed E-state index contributed by atoms with van der Waals surface area (Å²) < 4.78 is 16.9. The van der Waals surface area contributed by atoms with E-state index < -0.39 is 12.0 Å². The second-order valence-electron chi connectivity index (χ2n) is 8.41. The molecule has 0 aliphatic carbocycles. The lowest BCUT2D eigenvalue weighted by Crippen LogP contribution is -2.38. The maximum atomic E-state index is 13.1. The van der Waals surface area contributed by atoms with Gasteiger partial charge in [0, 0.05) is 12.2 Å². The van der Waals surface area contributed by atoms with Crippen LogP contribution in [-0.2, 0) is 20.9 Å². The van der Waals surface area contributed by atoms with Crippen LogP contribution in [0.15, 0.2) is 75.9 Å². The molecule has 2 aromatic carbocycles. The summed E-state index contributed by atoms with van der Waals surface area (Å²) in [5, 5.41) is 5.48. The summed E-state index contributed by atoms with van der Waals surface area (Å²) in [4.78, 5) is 32.3. The Bertz CT molecular complexity index is 1260. The van der Waals surface area contributed by atoms with Crippen molar-refractivity contribution >= 4 is 28.8 Å². The van der Waals surface area contributed by atoms with Crippen LogP contribution in [0.3, 0.4) is 0 Å². The molecule has 37 heavy (non-hydrogen) atoms. The Labute approximate surface area is 221 Å². The number of carbonyl (C=O) groups excluding carboxylic acids is 2. The average Bonchev–Trinajstić information content (AvgIpc) is 3.32. The second-order valence-corrected chi connectivity index (χ2v) is 9.25. The molecule has 2 aromatic rings. The molecular weight excluding hydrogens is 490 g/mol. The molecule has 2 aliphatic rings. The third kappa shape index (κ3) is 5.67. The Kier molecular flexibility index (Phi) is 8.55. The number of amides is 1. The number of carbonyl (C=O) groups is 2. The molecule has 0 radical (unpaired) electrons. The number of amidine groups is 1. The number of nitrogens with zero attached hydrogens (tertiary/aromatic N) is 2. The number of hydrogen-bond donors (Lipinski definition) is 1. The summed E-state index contributed by atoms with van der Waals surface area (Å²) in [6, 6.07) is 15.0. The van der Waals surface area contributed by atoms with Crippen molar-refractivity contribution in [1.82, 2.24) is 10.2 Å². The van der Waals surface area contributed by atoms with E-state index >= 15 is 0 Å². The van der Waals surface area contributed by atoms with Crippen molar-refractivity contribution in [3.8, 4) is 11.5 Å². The number of nitrogens with one attached hydrogen (secondary N) is 1. The Hall–Kier alpha value is -3.72. The van der Waals surface area contributed by atoms with E-state index in [1.807, 2.05) is 72.7 Å². The molecule has 0 saturated carbocycles. The summed E-state index contributed by atoms with van der Waals surface area (Å²) >= 11 is 1.44. The van der Waals surface area contributed by atoms with Gasteiger partial charge in [0.25, 0.3) is 0 Å². The number of thioether (sulfide) groups is 1. The minimum absolute atomic E-state index is 0.0959. The minimum atomic E-state index is -0.539. The maximum absolute atomic E-state index is 13.1. The first-order valence-corrected chi connectivity index (χ1v) is 13.0. The predicted octanol–water partition coefficient (Wildman–Crippen LogP) is 4.94. The van der Waals surface area contributed by atoms with Crippen LogP contribution in [0, 0.1) is 0 Å². The molecule has 9 heteroatoms. The third-order valence-electron chi connectivity index (χ3n) is 6.09. The van der Waals surface area contributed by atoms with E-state index in [1.165, 1.54) is 18.9 Å². The SMILES string of the molecule is CCNC(=O)CC1=CSC2=NC(CC)=C(C(=O)OC)C(c3ccc(OCc4ccccc4)c(OC)c3)N12. The van der Waals surface area contributed by atoms with Crippen molar-refractivity contribution in [2.75, 3.05) is 20.8 Å². The molecule has 4 rings (SSSR count). The van der Waals surface area contributed by atoms with E-state index in [4.69, 9.17) is 19.2 Å². The Morgan fingerprint density at radius 1 is 1.08 bits per heavy atom. The number of ether oxygens (including phenoxy) is 3. The zero-order valence-corrected chi connectivity index (χ0v) is 22.3. The van der Waals surface area contributed by atoms with E-state index in [1.54, 1.807) is 7.11 Å². The lowest BCUT2D eigenvalue weighted by Gasteiger charge is -2.36. The van der Waals surface area contributed by atoms with Gasteiger partial charge in [-0.3, -0.25) is 4.79 Å². The van der Waals surface area contributed by atoms with Crippen molar-refractivity contribution in [3.05, 3.63) is 82.0 Å². The Morgan fingerprint density at radius 2 is 1.86 bits per heavy atom. The van der Waals surface area contributed by atoms with Crippen LogP contribution in [-0.4, -0.2) is 42.7 Å². The molecule has 0 fully saturated rings. The largest absolute Gasteiger partial charge is 0.493 e. The van der Waals surface area contributed by atoms with Crippen LogP contribution >= 0.6 is 11.8 Å². The Morgan fingerprint density at radius 3 is 2.54 bits per heavy atom. The number of benzene rings is 2. The van der Waals surface area contributed by atoms with Gasteiger partial charge >= 0.3 is 5.97 Å². The molecule has 8 nitrogen and oxygen atoms in total. The first kappa shape index (κ1) is 26.3. The monoisotopic (exact) mass is 521 g/mol. The highest BCUT2D eigenvalue weighted by Crippen LogP contribution is 2.46. The average molecular weight is 522 g/mol. The van der Waals surface area contributed by atoms with Gasteiger partial charge < -0.3 is 24.4 Å². The maximum Gasteiger partial charge on any atom is 0.338 e. The fraction of sp³-hybridized carbons (Fsp3) is 0.321. The number of rotatable bonds is 10. The van der Waals surface area contributed by atoms with Gasteiger partial charge in [-0.15, -0.1) is 0 Å². The van der Waals surface area contributed by atoms with Gasteiger partial charge in [0.2, 0.25) is 5.91 Å². The van der Waals surface area contributed by atoms with E-state index in [0.29, 0.717) is 42.3 Å². The topological polar surface area (TPSA) is 89.5 Å². The van der Waals surface area contributed by atoms with Gasteiger partial charge in [0.1, 0.15) is 6.61 Å². The molecule has 0 saturated heterocycles. The summed E-state index contributed by atoms with van der Waals surface area (Å²) in [7, 11) is 2.95. The summed E-state index contributed by atoms with van der Waals surface area (Å²) in [6.45, 7) is 4.77. The van der Waals surface area contributed by atoms with Crippen LogP contribution in [0.5, 0.6) is 11.5 Å². The smallest absolute Gasteiger partial charge is 0.338 e. The highest BCUT2D eigenvalue weighted by molar-refractivity contribution is 8.16. The number of esters is 1. The number of methoxy groups -OCH3 is 2. The summed E-state index contributed by atoms with van der Waals surface area (Å²) in [5.41, 5.74) is 3.70. The van der Waals surface area contributed by atoms with E-state index in [0.717, 1.165) is 22.0 Å². The second kappa shape index (κ2) is 12.0. The van der Waals surface area contributed by atoms with E-state index in [-0.39, 0.29) is 12.3 Å². The predicted molar refractivity (Wildman–Crippen MR) is 144 cm³/mol. The Balaban J connectivity index is 1.73. The van der Waals surface area contributed by atoms with Crippen LogP contribution in [0.2, 0.25) is 0 Å². The van der Waals surface area contributed by atoms with Crippen LogP contribution < -0.4 is 14.8 Å². The van der Waals surface area contributed by atoms with Crippen molar-refractivity contribution in [2.24, 2.45) is 4.99 Å². The van der Waals surface area contributed by atoms with Gasteiger partial charge in [-0.25, -0.2) is 9.79 Å². The highest BCUT2D eigenvalue weighted by atomic mass is 32.2. The molecule has 1 atom stereocenters. The first-order chi connectivity index (χ1) is 18.0. The fourth-order valence-corrected chi connectivity index (χ4v) is 5.30. The summed E-state index contributed by atoms with van der Waals surface area (Å²) in [6.07, 6.45) is 0.724. The van der Waals surface area contributed by atoms with Crippen LogP contribution in [0.4, 0.5) is 0 Å². The standard InChI is InChI=1S/C28H31N3O5S/c1-5-21-25(27(33)35-4)26(31-20(15-24(32)29-6-2)17-37-28(31)30-21)19-12-13-22(23(14-19)34-3)36-16-18-10-8-7-9-11-18/h7-14,17,26H,5-6,15-16H2,1-4H3,(H,29,32). The lowest BCUT2D eigenvalue weighted by atomic mass is 9.92. The fourth-order valence-electron chi connectivity index (χ4n) is 4.36. The van der Waals surface area contributed by atoms with Crippen molar-refractivity contribution in [3.63, 3.8) is 0 Å². The van der Waals surface area contributed by atoms with Gasteiger partial charge in [-0.2, -0.15) is 0 Å². The number of aliphatic imine (C=N–C) groups is 1. The molecule has 1 N–H and O–H groups in total. The van der Waals surface area contributed by atoms with Crippen LogP contribution in [0.1, 0.15) is 43.9 Å². The van der Waals surface area contributed by atoms with Gasteiger partial charge in [-0.05, 0) is 42.0 Å². The molecule has 2 aliphatic heterocycles. The lowest BCUT2D eigenvalue weighted by molar-refractivity contribution is -0.136. The molecule has 0 aromatic heterocycles. The molecule has 1 unspecified atom stereocenters. The number of fused-ring (bicyclic) bond motifs is 1. The quantitative estimate of drug-likeness (QED) is 0.443. The molecule has 2 heterocycles. The van der Waals surface area contributed by atoms with Gasteiger partial charge in [0.15, 0.2) is 16.7 Å². The molecule has 0 spiro atoms. The van der Waals surface area contributed by atoms with E-state index in [9.17, 15) is 9.59 Å². The van der Waals surface area contributed by atoms with Crippen molar-refractivity contribution in [1.29, 1.82) is 0 Å². The van der Waals surface area contributed by atoms with Gasteiger partial charge in [-0.1, -0.05) is 55.1 Å². The third-order valence-corrected chi connectivity index (χ3v) is 6.97. The van der Waals surface area contributed by atoms with Gasteiger partial charge in [0.05, 0.1) is 38.0 Å². The zero-order valence-electron chi connectivity index (χ0n) is 21.4. The minimum Gasteiger partial charge on any atom is -0.493 e.